The van der Waals surface area contributed by atoms with Gasteiger partial charge in [0.05, 0.1) is 12.6 Å². The van der Waals surface area contributed by atoms with E-state index in [2.05, 4.69) is 22.4 Å². The molecule has 2 heterocycles. The first kappa shape index (κ1) is 14.9. The Morgan fingerprint density at radius 3 is 3.05 bits per heavy atom. The fourth-order valence-electron chi connectivity index (χ4n) is 2.28. The van der Waals surface area contributed by atoms with E-state index >= 15 is 0 Å². The van der Waals surface area contributed by atoms with Gasteiger partial charge in [0, 0.05) is 13.1 Å². The number of aliphatic hydroxyl groups is 1. The maximum absolute atomic E-state index is 12.3. The largest absolute Gasteiger partial charge is 0.395 e. The van der Waals surface area contributed by atoms with Crippen LogP contribution in [0.5, 0.6) is 0 Å². The first-order chi connectivity index (χ1) is 9.76. The maximum Gasteiger partial charge on any atom is 0.295 e. The first-order valence-electron chi connectivity index (χ1n) is 7.23. The predicted octanol–water partition coefficient (Wildman–Crippen LogP) is 0.729. The summed E-state index contributed by atoms with van der Waals surface area (Å²) in [5.41, 5.74) is 0. The molecule has 2 rings (SSSR count). The van der Waals surface area contributed by atoms with Crippen molar-refractivity contribution >= 4 is 5.91 Å². The van der Waals surface area contributed by atoms with Gasteiger partial charge in [0.25, 0.3) is 11.7 Å². The van der Waals surface area contributed by atoms with E-state index in [1.807, 2.05) is 0 Å². The molecule has 1 aliphatic rings. The quantitative estimate of drug-likeness (QED) is 0.766. The molecule has 0 bridgehead atoms. The molecule has 1 fully saturated rings. The molecule has 1 atom stereocenters. The summed E-state index contributed by atoms with van der Waals surface area (Å²) >= 11 is 0. The van der Waals surface area contributed by atoms with E-state index in [-0.39, 0.29) is 24.4 Å². The molecule has 7 nitrogen and oxygen atoms in total. The highest BCUT2D eigenvalue weighted by Crippen LogP contribution is 2.21. The summed E-state index contributed by atoms with van der Waals surface area (Å²) in [6.07, 6.45) is 3.90. The minimum absolute atomic E-state index is 0.0611. The van der Waals surface area contributed by atoms with Crippen molar-refractivity contribution in [3.8, 4) is 0 Å². The van der Waals surface area contributed by atoms with E-state index < -0.39 is 0 Å². The zero-order valence-electron chi connectivity index (χ0n) is 11.8. The van der Waals surface area contributed by atoms with Crippen LogP contribution in [0.2, 0.25) is 0 Å². The van der Waals surface area contributed by atoms with Crippen LogP contribution in [0.25, 0.3) is 0 Å². The van der Waals surface area contributed by atoms with Crippen LogP contribution >= 0.6 is 0 Å². The van der Waals surface area contributed by atoms with Gasteiger partial charge in [0.2, 0.25) is 5.89 Å². The average molecular weight is 282 g/mol. The van der Waals surface area contributed by atoms with Crippen molar-refractivity contribution in [3.05, 3.63) is 11.7 Å². The Hall–Kier alpha value is -1.47. The third kappa shape index (κ3) is 3.55. The second-order valence-electron chi connectivity index (χ2n) is 4.97. The summed E-state index contributed by atoms with van der Waals surface area (Å²) in [6, 6.07) is 0.0611. The molecule has 0 spiro atoms. The number of nitrogens with zero attached hydrogens (tertiary/aromatic N) is 3. The number of rotatable bonds is 7. The summed E-state index contributed by atoms with van der Waals surface area (Å²) in [5.74, 6) is 0.282. The molecule has 0 aromatic carbocycles. The second kappa shape index (κ2) is 7.35. The van der Waals surface area contributed by atoms with Crippen molar-refractivity contribution in [2.75, 3.05) is 26.2 Å². The number of amides is 1. The van der Waals surface area contributed by atoms with Gasteiger partial charge in [0.15, 0.2) is 0 Å². The van der Waals surface area contributed by atoms with Gasteiger partial charge in [-0.05, 0) is 25.8 Å². The highest BCUT2D eigenvalue weighted by Gasteiger charge is 2.26. The van der Waals surface area contributed by atoms with E-state index in [0.717, 1.165) is 32.2 Å². The Morgan fingerprint density at radius 2 is 2.40 bits per heavy atom. The van der Waals surface area contributed by atoms with Crippen LogP contribution in [0, 0.1) is 0 Å². The standard InChI is InChI=1S/C13H22N4O3/c1-2-3-7-17(8-9-18)13(19)11-15-12(20-16-11)10-5-4-6-14-10/h10,14,18H,2-9H2,1H3. The zero-order valence-corrected chi connectivity index (χ0v) is 11.8. The molecule has 1 saturated heterocycles. The third-order valence-corrected chi connectivity index (χ3v) is 3.43. The number of unbranched alkanes of at least 4 members (excludes halogenated alkanes) is 1. The number of carbonyl (C=O) groups is 1. The lowest BCUT2D eigenvalue weighted by Crippen LogP contribution is -2.35. The smallest absolute Gasteiger partial charge is 0.295 e. The molecule has 2 N–H and O–H groups in total. The monoisotopic (exact) mass is 282 g/mol. The van der Waals surface area contributed by atoms with Crippen molar-refractivity contribution in [2.24, 2.45) is 0 Å². The highest BCUT2D eigenvalue weighted by molar-refractivity contribution is 5.90. The Kier molecular flexibility index (Phi) is 5.49. The van der Waals surface area contributed by atoms with Crippen LogP contribution in [0.4, 0.5) is 0 Å². The Morgan fingerprint density at radius 1 is 1.55 bits per heavy atom. The molecule has 1 unspecified atom stereocenters. The molecular weight excluding hydrogens is 260 g/mol. The Bertz CT molecular complexity index is 429. The molecule has 0 radical (unpaired) electrons. The van der Waals surface area contributed by atoms with Crippen molar-refractivity contribution in [3.63, 3.8) is 0 Å². The van der Waals surface area contributed by atoms with Crippen molar-refractivity contribution in [2.45, 2.75) is 38.6 Å². The fraction of sp³-hybridized carbons (Fsp3) is 0.769. The number of hydrogen-bond donors (Lipinski definition) is 2. The molecule has 7 heteroatoms. The molecule has 112 valence electrons. The lowest BCUT2D eigenvalue weighted by molar-refractivity contribution is 0.0704. The van der Waals surface area contributed by atoms with Gasteiger partial charge in [0.1, 0.15) is 0 Å². The molecule has 0 aliphatic carbocycles. The van der Waals surface area contributed by atoms with Crippen molar-refractivity contribution in [1.29, 1.82) is 0 Å². The molecule has 1 aliphatic heterocycles. The van der Waals surface area contributed by atoms with Crippen LogP contribution in [0.15, 0.2) is 4.52 Å². The Labute approximate surface area is 118 Å². The minimum Gasteiger partial charge on any atom is -0.395 e. The minimum atomic E-state index is -0.277. The molecule has 20 heavy (non-hydrogen) atoms. The lowest BCUT2D eigenvalue weighted by Gasteiger charge is -2.19. The van der Waals surface area contributed by atoms with Crippen LogP contribution in [-0.4, -0.2) is 52.3 Å². The average Bonchev–Trinajstić information content (AvgIpc) is 3.12. The maximum atomic E-state index is 12.3. The lowest BCUT2D eigenvalue weighted by atomic mass is 10.2. The van der Waals surface area contributed by atoms with Crippen molar-refractivity contribution < 1.29 is 14.4 Å². The second-order valence-corrected chi connectivity index (χ2v) is 4.97. The fourth-order valence-corrected chi connectivity index (χ4v) is 2.28. The number of aliphatic hydroxyl groups excluding tert-OH is 1. The number of hydrogen-bond acceptors (Lipinski definition) is 6. The third-order valence-electron chi connectivity index (χ3n) is 3.43. The van der Waals surface area contributed by atoms with Crippen LogP contribution in [0.3, 0.4) is 0 Å². The van der Waals surface area contributed by atoms with E-state index in [0.29, 0.717) is 19.0 Å². The topological polar surface area (TPSA) is 91.5 Å². The number of carbonyl (C=O) groups excluding carboxylic acids is 1. The Balaban J connectivity index is 2.02. The van der Waals surface area contributed by atoms with E-state index in [1.165, 1.54) is 0 Å². The highest BCUT2D eigenvalue weighted by atomic mass is 16.5. The number of aromatic nitrogens is 2. The summed E-state index contributed by atoms with van der Waals surface area (Å²) in [7, 11) is 0. The summed E-state index contributed by atoms with van der Waals surface area (Å²) in [4.78, 5) is 18.0. The van der Waals surface area contributed by atoms with E-state index in [4.69, 9.17) is 9.63 Å². The molecule has 1 aromatic rings. The van der Waals surface area contributed by atoms with Crippen LogP contribution in [-0.2, 0) is 0 Å². The van der Waals surface area contributed by atoms with E-state index in [1.54, 1.807) is 4.90 Å². The summed E-state index contributed by atoms with van der Waals surface area (Å²) in [5, 5.41) is 16.1. The summed E-state index contributed by atoms with van der Waals surface area (Å²) < 4.78 is 5.17. The number of nitrogens with one attached hydrogen (secondary N) is 1. The molecule has 1 amide bonds. The van der Waals surface area contributed by atoms with Gasteiger partial charge >= 0.3 is 0 Å². The SMILES string of the molecule is CCCCN(CCO)C(=O)c1noc(C2CCCN2)n1. The van der Waals surface area contributed by atoms with Gasteiger partial charge in [-0.25, -0.2) is 0 Å². The van der Waals surface area contributed by atoms with Crippen LogP contribution in [0.1, 0.15) is 55.2 Å². The van der Waals surface area contributed by atoms with Crippen LogP contribution < -0.4 is 5.32 Å². The molecule has 1 aromatic heterocycles. The normalized spacial score (nSPS) is 18.4. The van der Waals surface area contributed by atoms with Gasteiger partial charge in [-0.2, -0.15) is 4.98 Å². The molecular formula is C13H22N4O3. The first-order valence-corrected chi connectivity index (χ1v) is 7.23. The van der Waals surface area contributed by atoms with Gasteiger partial charge < -0.3 is 19.8 Å². The summed E-state index contributed by atoms with van der Waals surface area (Å²) in [6.45, 7) is 3.82. The van der Waals surface area contributed by atoms with Gasteiger partial charge in [-0.1, -0.05) is 18.5 Å². The molecule has 0 saturated carbocycles. The van der Waals surface area contributed by atoms with Gasteiger partial charge in [-0.3, -0.25) is 4.79 Å². The zero-order chi connectivity index (χ0) is 14.4. The van der Waals surface area contributed by atoms with Gasteiger partial charge in [-0.15, -0.1) is 0 Å². The van der Waals surface area contributed by atoms with E-state index in [9.17, 15) is 4.79 Å². The van der Waals surface area contributed by atoms with Crippen molar-refractivity contribution in [1.82, 2.24) is 20.4 Å². The predicted molar refractivity (Wildman–Crippen MR) is 72.2 cm³/mol.